The molecule has 0 aromatic heterocycles. The Morgan fingerprint density at radius 3 is 1.93 bits per heavy atom. The van der Waals surface area contributed by atoms with E-state index in [1.807, 2.05) is 48.5 Å². The van der Waals surface area contributed by atoms with Crippen LogP contribution in [0.2, 0.25) is 0 Å². The minimum Gasteiger partial charge on any atom is -0.309 e. The molecule has 0 N–H and O–H groups in total. The van der Waals surface area contributed by atoms with Crippen molar-refractivity contribution < 1.29 is 4.57 Å². The van der Waals surface area contributed by atoms with Gasteiger partial charge in [0.15, 0.2) is 7.14 Å². The van der Waals surface area contributed by atoms with E-state index in [9.17, 15) is 0 Å². The van der Waals surface area contributed by atoms with Crippen molar-refractivity contribution in [1.29, 1.82) is 0 Å². The molecule has 142 valence electrons. The molecule has 5 aromatic rings. The topological polar surface area (TPSA) is 17.1 Å². The van der Waals surface area contributed by atoms with Gasteiger partial charge >= 0.3 is 0 Å². The van der Waals surface area contributed by atoms with Gasteiger partial charge in [-0.05, 0) is 33.5 Å². The average molecular weight is 402 g/mol. The van der Waals surface area contributed by atoms with Crippen LogP contribution in [0.5, 0.6) is 0 Å². The lowest BCUT2D eigenvalue weighted by atomic mass is 9.91. The maximum absolute atomic E-state index is 15.2. The first-order valence-corrected chi connectivity index (χ1v) is 11.9. The average Bonchev–Trinajstić information content (AvgIpc) is 2.92. The third-order valence-electron chi connectivity index (χ3n) is 6.10. The summed E-state index contributed by atoms with van der Waals surface area (Å²) in [6.07, 6.45) is 0. The smallest absolute Gasteiger partial charge is 0.172 e. The summed E-state index contributed by atoms with van der Waals surface area (Å²) < 4.78 is 15.2. The SMILES string of the molecule is O=P1(c2ccccc2)c2ccccc2-c2ccccc2-c2c1ccc1ccccc21. The van der Waals surface area contributed by atoms with E-state index < -0.39 is 7.14 Å². The highest BCUT2D eigenvalue weighted by atomic mass is 31.2. The maximum atomic E-state index is 15.2. The summed E-state index contributed by atoms with van der Waals surface area (Å²) in [5.41, 5.74) is 4.43. The Labute approximate surface area is 176 Å². The Hall–Kier alpha value is -3.41. The number of rotatable bonds is 1. The van der Waals surface area contributed by atoms with Gasteiger partial charge in [-0.3, -0.25) is 0 Å². The van der Waals surface area contributed by atoms with Crippen LogP contribution in [0.4, 0.5) is 0 Å². The molecule has 0 saturated heterocycles. The summed E-state index contributed by atoms with van der Waals surface area (Å²) in [4.78, 5) is 0. The van der Waals surface area contributed by atoms with Crippen molar-refractivity contribution in [2.45, 2.75) is 0 Å². The summed E-state index contributed by atoms with van der Waals surface area (Å²) in [5.74, 6) is 0. The molecule has 2 heteroatoms. The van der Waals surface area contributed by atoms with E-state index >= 15 is 4.57 Å². The first-order chi connectivity index (χ1) is 14.8. The molecule has 1 heterocycles. The molecular formula is C28H19OP. The lowest BCUT2D eigenvalue weighted by molar-refractivity contribution is 0.592. The van der Waals surface area contributed by atoms with Gasteiger partial charge in [0.1, 0.15) is 0 Å². The number of fused-ring (bicyclic) bond motifs is 7. The fraction of sp³-hybridized carbons (Fsp3) is 0. The van der Waals surface area contributed by atoms with Crippen molar-refractivity contribution in [2.75, 3.05) is 0 Å². The van der Waals surface area contributed by atoms with Crippen LogP contribution in [0.3, 0.4) is 0 Å². The van der Waals surface area contributed by atoms with Crippen LogP contribution in [0.1, 0.15) is 0 Å². The van der Waals surface area contributed by atoms with E-state index in [2.05, 4.69) is 66.7 Å². The molecule has 1 aliphatic heterocycles. The largest absolute Gasteiger partial charge is 0.309 e. The molecule has 5 aromatic carbocycles. The van der Waals surface area contributed by atoms with E-state index in [4.69, 9.17) is 0 Å². The van der Waals surface area contributed by atoms with Gasteiger partial charge in [-0.2, -0.15) is 0 Å². The Balaban J connectivity index is 1.89. The second-order valence-electron chi connectivity index (χ2n) is 7.69. The van der Waals surface area contributed by atoms with Crippen LogP contribution in [-0.4, -0.2) is 0 Å². The standard InChI is InChI=1S/C28H19OP/c29-30(21-11-2-1-3-12-21)26-17-9-8-15-24(26)23-14-6-7-16-25(23)28-22-13-5-4-10-20(22)18-19-27(28)30/h1-19H. The van der Waals surface area contributed by atoms with Crippen molar-refractivity contribution in [3.8, 4) is 22.3 Å². The molecule has 0 aliphatic carbocycles. The van der Waals surface area contributed by atoms with Gasteiger partial charge in [0, 0.05) is 21.5 Å². The molecule has 6 rings (SSSR count). The zero-order valence-electron chi connectivity index (χ0n) is 16.3. The van der Waals surface area contributed by atoms with Crippen LogP contribution in [0, 0.1) is 0 Å². The van der Waals surface area contributed by atoms with E-state index in [1.54, 1.807) is 0 Å². The number of hydrogen-bond acceptors (Lipinski definition) is 1. The molecule has 1 nitrogen and oxygen atoms in total. The summed E-state index contributed by atoms with van der Waals surface area (Å²) >= 11 is 0. The molecule has 0 fully saturated rings. The van der Waals surface area contributed by atoms with Crippen molar-refractivity contribution >= 4 is 33.8 Å². The third kappa shape index (κ3) is 2.33. The molecule has 1 unspecified atom stereocenters. The summed E-state index contributed by atoms with van der Waals surface area (Å²) in [7, 11) is -3.08. The summed E-state index contributed by atoms with van der Waals surface area (Å²) in [6.45, 7) is 0. The Bertz CT molecular complexity index is 1470. The van der Waals surface area contributed by atoms with Crippen LogP contribution in [0.15, 0.2) is 115 Å². The van der Waals surface area contributed by atoms with Crippen molar-refractivity contribution in [3.63, 3.8) is 0 Å². The number of benzene rings is 5. The number of hydrogen-bond donors (Lipinski definition) is 0. The Morgan fingerprint density at radius 1 is 0.467 bits per heavy atom. The zero-order valence-corrected chi connectivity index (χ0v) is 17.2. The highest BCUT2D eigenvalue weighted by molar-refractivity contribution is 7.85. The van der Waals surface area contributed by atoms with Crippen LogP contribution >= 0.6 is 7.14 Å². The molecular weight excluding hydrogens is 383 g/mol. The Kier molecular flexibility index (Phi) is 3.81. The third-order valence-corrected chi connectivity index (χ3v) is 9.24. The van der Waals surface area contributed by atoms with E-state index in [0.717, 1.165) is 48.9 Å². The van der Waals surface area contributed by atoms with Crippen LogP contribution < -0.4 is 15.9 Å². The maximum Gasteiger partial charge on any atom is 0.172 e. The van der Waals surface area contributed by atoms with Crippen LogP contribution in [-0.2, 0) is 4.57 Å². The minimum absolute atomic E-state index is 0.877. The van der Waals surface area contributed by atoms with Gasteiger partial charge in [-0.25, -0.2) is 0 Å². The van der Waals surface area contributed by atoms with Gasteiger partial charge < -0.3 is 4.57 Å². The minimum atomic E-state index is -3.08. The Morgan fingerprint density at radius 2 is 1.10 bits per heavy atom. The second kappa shape index (κ2) is 6.55. The quantitative estimate of drug-likeness (QED) is 0.303. The predicted molar refractivity (Wildman–Crippen MR) is 128 cm³/mol. The van der Waals surface area contributed by atoms with Gasteiger partial charge in [-0.1, -0.05) is 109 Å². The van der Waals surface area contributed by atoms with Gasteiger partial charge in [0.2, 0.25) is 0 Å². The van der Waals surface area contributed by atoms with Crippen molar-refractivity contribution in [2.24, 2.45) is 0 Å². The van der Waals surface area contributed by atoms with E-state index in [-0.39, 0.29) is 0 Å². The highest BCUT2D eigenvalue weighted by Crippen LogP contribution is 2.52. The molecule has 0 saturated carbocycles. The highest BCUT2D eigenvalue weighted by Gasteiger charge is 2.37. The normalized spacial score (nSPS) is 16.9. The van der Waals surface area contributed by atoms with E-state index in [1.165, 1.54) is 0 Å². The first kappa shape index (κ1) is 17.4. The lowest BCUT2D eigenvalue weighted by Crippen LogP contribution is -2.26. The molecule has 0 spiro atoms. The predicted octanol–water partition coefficient (Wildman–Crippen LogP) is 6.13. The lowest BCUT2D eigenvalue weighted by Gasteiger charge is -2.22. The molecule has 1 aliphatic rings. The van der Waals surface area contributed by atoms with Gasteiger partial charge in [0.25, 0.3) is 0 Å². The summed E-state index contributed by atoms with van der Waals surface area (Å²) in [5, 5.41) is 5.02. The fourth-order valence-corrected chi connectivity index (χ4v) is 7.84. The molecule has 0 amide bonds. The van der Waals surface area contributed by atoms with Crippen molar-refractivity contribution in [1.82, 2.24) is 0 Å². The molecule has 1 atom stereocenters. The first-order valence-electron chi connectivity index (χ1n) is 10.2. The van der Waals surface area contributed by atoms with Gasteiger partial charge in [0.05, 0.1) is 0 Å². The second-order valence-corrected chi connectivity index (χ2v) is 10.4. The molecule has 0 radical (unpaired) electrons. The zero-order chi connectivity index (χ0) is 20.1. The van der Waals surface area contributed by atoms with Crippen LogP contribution in [0.25, 0.3) is 33.0 Å². The van der Waals surface area contributed by atoms with Gasteiger partial charge in [-0.15, -0.1) is 0 Å². The van der Waals surface area contributed by atoms with Crippen molar-refractivity contribution in [3.05, 3.63) is 115 Å². The molecule has 30 heavy (non-hydrogen) atoms. The monoisotopic (exact) mass is 402 g/mol. The van der Waals surface area contributed by atoms with E-state index in [0.29, 0.717) is 0 Å². The fourth-order valence-electron chi connectivity index (χ4n) is 4.76. The summed E-state index contributed by atoms with van der Waals surface area (Å²) in [6, 6.07) is 39.2. The molecule has 0 bridgehead atoms.